The third-order valence-electron chi connectivity index (χ3n) is 2.13. The maximum atomic E-state index is 5.72. The second-order valence-electron chi connectivity index (χ2n) is 3.41. The molecule has 0 saturated carbocycles. The summed E-state index contributed by atoms with van der Waals surface area (Å²) in [6.45, 7) is 0.450. The molecular weight excluding hydrogens is 348 g/mol. The molecule has 0 aliphatic rings. The molecule has 1 heterocycles. The van der Waals surface area contributed by atoms with Crippen LogP contribution in [0.25, 0.3) is 0 Å². The summed E-state index contributed by atoms with van der Waals surface area (Å²) in [6, 6.07) is 7.60. The van der Waals surface area contributed by atoms with Crippen LogP contribution in [0.15, 0.2) is 45.6 Å². The summed E-state index contributed by atoms with van der Waals surface area (Å²) in [5, 5.41) is 0. The molecule has 5 heteroatoms. The minimum atomic E-state index is 0.450. The molecule has 0 aliphatic carbocycles. The van der Waals surface area contributed by atoms with Gasteiger partial charge >= 0.3 is 0 Å². The van der Waals surface area contributed by atoms with E-state index >= 15 is 0 Å². The highest BCUT2D eigenvalue weighted by Gasteiger charge is 2.04. The van der Waals surface area contributed by atoms with Crippen LogP contribution in [-0.2, 0) is 6.54 Å². The van der Waals surface area contributed by atoms with Crippen molar-refractivity contribution in [1.82, 2.24) is 4.98 Å². The predicted octanol–water partition coefficient (Wildman–Crippen LogP) is 3.86. The van der Waals surface area contributed by atoms with Crippen LogP contribution in [0.4, 0.5) is 0 Å². The first kappa shape index (κ1) is 12.5. The van der Waals surface area contributed by atoms with Crippen molar-refractivity contribution < 1.29 is 4.74 Å². The van der Waals surface area contributed by atoms with Gasteiger partial charge in [0.15, 0.2) is 0 Å². The van der Waals surface area contributed by atoms with Crippen LogP contribution in [0.5, 0.6) is 11.5 Å². The molecule has 1 aromatic heterocycles. The largest absolute Gasteiger partial charge is 0.455 e. The Balaban J connectivity index is 2.25. The monoisotopic (exact) mass is 356 g/mol. The Morgan fingerprint density at radius 2 is 2.00 bits per heavy atom. The zero-order valence-corrected chi connectivity index (χ0v) is 12.0. The second kappa shape index (κ2) is 5.62. The lowest BCUT2D eigenvalue weighted by Crippen LogP contribution is -1.97. The topological polar surface area (TPSA) is 48.1 Å². The van der Waals surface area contributed by atoms with Gasteiger partial charge in [0.2, 0.25) is 0 Å². The van der Waals surface area contributed by atoms with Crippen molar-refractivity contribution in [2.45, 2.75) is 6.54 Å². The molecule has 0 spiro atoms. The van der Waals surface area contributed by atoms with Crippen molar-refractivity contribution in [1.29, 1.82) is 0 Å². The van der Waals surface area contributed by atoms with Gasteiger partial charge in [-0.2, -0.15) is 0 Å². The molecule has 88 valence electrons. The summed E-state index contributed by atoms with van der Waals surface area (Å²) in [7, 11) is 0. The second-order valence-corrected chi connectivity index (χ2v) is 5.18. The summed E-state index contributed by atoms with van der Waals surface area (Å²) in [5.74, 6) is 1.42. The van der Waals surface area contributed by atoms with Crippen molar-refractivity contribution >= 4 is 31.9 Å². The molecule has 0 atom stereocenters. The Morgan fingerprint density at radius 3 is 2.71 bits per heavy atom. The number of nitrogens with zero attached hydrogens (tertiary/aromatic N) is 1. The van der Waals surface area contributed by atoms with Gasteiger partial charge in [-0.15, -0.1) is 0 Å². The molecule has 0 radical (unpaired) electrons. The fourth-order valence-electron chi connectivity index (χ4n) is 1.32. The zero-order chi connectivity index (χ0) is 12.3. The van der Waals surface area contributed by atoms with E-state index in [2.05, 4.69) is 36.8 Å². The Morgan fingerprint density at radius 1 is 1.18 bits per heavy atom. The van der Waals surface area contributed by atoms with Gasteiger partial charge in [-0.05, 0) is 45.8 Å². The van der Waals surface area contributed by atoms with Gasteiger partial charge in [0.1, 0.15) is 11.5 Å². The standard InChI is InChI=1S/C12H10Br2N2O/c13-9-1-2-12(11(14)4-9)17-10-3-8(5-15)6-16-7-10/h1-4,6-7H,5,15H2. The van der Waals surface area contributed by atoms with Crippen molar-refractivity contribution in [3.8, 4) is 11.5 Å². The van der Waals surface area contributed by atoms with Crippen molar-refractivity contribution in [2.75, 3.05) is 0 Å². The van der Waals surface area contributed by atoms with Crippen LogP contribution >= 0.6 is 31.9 Å². The highest BCUT2D eigenvalue weighted by Crippen LogP contribution is 2.31. The summed E-state index contributed by atoms with van der Waals surface area (Å²) in [6.07, 6.45) is 3.39. The van der Waals surface area contributed by atoms with E-state index in [-0.39, 0.29) is 0 Å². The van der Waals surface area contributed by atoms with Gasteiger partial charge in [-0.1, -0.05) is 15.9 Å². The van der Waals surface area contributed by atoms with Crippen molar-refractivity contribution in [2.24, 2.45) is 5.73 Å². The lowest BCUT2D eigenvalue weighted by molar-refractivity contribution is 0.476. The molecule has 17 heavy (non-hydrogen) atoms. The van der Waals surface area contributed by atoms with Gasteiger partial charge in [-0.25, -0.2) is 0 Å². The van der Waals surface area contributed by atoms with E-state index in [1.807, 2.05) is 24.3 Å². The fraction of sp³-hybridized carbons (Fsp3) is 0.0833. The van der Waals surface area contributed by atoms with Gasteiger partial charge in [0.25, 0.3) is 0 Å². The van der Waals surface area contributed by atoms with E-state index in [0.717, 1.165) is 20.3 Å². The highest BCUT2D eigenvalue weighted by atomic mass is 79.9. The summed E-state index contributed by atoms with van der Waals surface area (Å²) < 4.78 is 7.59. The van der Waals surface area contributed by atoms with E-state index in [9.17, 15) is 0 Å². The number of halogens is 2. The smallest absolute Gasteiger partial charge is 0.146 e. The SMILES string of the molecule is NCc1cncc(Oc2ccc(Br)cc2Br)c1. The lowest BCUT2D eigenvalue weighted by Gasteiger charge is -2.08. The predicted molar refractivity (Wildman–Crippen MR) is 74.0 cm³/mol. The minimum Gasteiger partial charge on any atom is -0.455 e. The van der Waals surface area contributed by atoms with Crippen LogP contribution in [0, 0.1) is 0 Å². The third kappa shape index (κ3) is 3.28. The molecule has 0 amide bonds. The summed E-state index contributed by atoms with van der Waals surface area (Å²) in [5.41, 5.74) is 6.49. The average molecular weight is 358 g/mol. The Kier molecular flexibility index (Phi) is 4.15. The Bertz CT molecular complexity index is 532. The molecule has 2 rings (SSSR count). The number of benzene rings is 1. The van der Waals surface area contributed by atoms with Gasteiger partial charge in [0, 0.05) is 17.2 Å². The normalized spacial score (nSPS) is 10.3. The quantitative estimate of drug-likeness (QED) is 0.907. The molecule has 0 bridgehead atoms. The van der Waals surface area contributed by atoms with Gasteiger partial charge in [0.05, 0.1) is 10.7 Å². The van der Waals surface area contributed by atoms with E-state index in [1.54, 1.807) is 12.4 Å². The molecule has 3 nitrogen and oxygen atoms in total. The number of hydrogen-bond donors (Lipinski definition) is 1. The number of ether oxygens (including phenoxy) is 1. The minimum absolute atomic E-state index is 0.450. The Hall–Kier alpha value is -0.910. The van der Waals surface area contributed by atoms with E-state index in [1.165, 1.54) is 0 Å². The van der Waals surface area contributed by atoms with Crippen molar-refractivity contribution in [3.05, 3.63) is 51.2 Å². The number of pyridine rings is 1. The maximum Gasteiger partial charge on any atom is 0.146 e. The first-order valence-electron chi connectivity index (χ1n) is 4.96. The van der Waals surface area contributed by atoms with Crippen LogP contribution in [0.3, 0.4) is 0 Å². The Labute approximate surface area is 116 Å². The first-order valence-corrected chi connectivity index (χ1v) is 6.54. The summed E-state index contributed by atoms with van der Waals surface area (Å²) >= 11 is 6.83. The van der Waals surface area contributed by atoms with Crippen LogP contribution in [-0.4, -0.2) is 4.98 Å². The van der Waals surface area contributed by atoms with Crippen LogP contribution in [0.2, 0.25) is 0 Å². The number of hydrogen-bond acceptors (Lipinski definition) is 3. The molecule has 1 aromatic carbocycles. The molecule has 0 saturated heterocycles. The molecule has 0 fully saturated rings. The van der Waals surface area contributed by atoms with Gasteiger partial charge in [-0.3, -0.25) is 4.98 Å². The molecule has 2 N–H and O–H groups in total. The van der Waals surface area contributed by atoms with E-state index in [0.29, 0.717) is 12.3 Å². The number of nitrogens with two attached hydrogens (primary N) is 1. The lowest BCUT2D eigenvalue weighted by atomic mass is 10.3. The fourth-order valence-corrected chi connectivity index (χ4v) is 2.44. The third-order valence-corrected chi connectivity index (χ3v) is 3.24. The number of aromatic nitrogens is 1. The molecule has 0 aliphatic heterocycles. The maximum absolute atomic E-state index is 5.72. The van der Waals surface area contributed by atoms with Crippen LogP contribution in [0.1, 0.15) is 5.56 Å². The molecule has 2 aromatic rings. The van der Waals surface area contributed by atoms with E-state index < -0.39 is 0 Å². The van der Waals surface area contributed by atoms with Gasteiger partial charge < -0.3 is 10.5 Å². The number of rotatable bonds is 3. The van der Waals surface area contributed by atoms with Crippen LogP contribution < -0.4 is 10.5 Å². The highest BCUT2D eigenvalue weighted by molar-refractivity contribution is 9.11. The molecule has 0 unspecified atom stereocenters. The zero-order valence-electron chi connectivity index (χ0n) is 8.86. The molecular formula is C12H10Br2N2O. The first-order chi connectivity index (χ1) is 8.19. The average Bonchev–Trinajstić information content (AvgIpc) is 2.33. The summed E-state index contributed by atoms with van der Waals surface area (Å²) in [4.78, 5) is 4.07. The van der Waals surface area contributed by atoms with Crippen molar-refractivity contribution in [3.63, 3.8) is 0 Å². The van der Waals surface area contributed by atoms with E-state index in [4.69, 9.17) is 10.5 Å².